The number of nitrogens with two attached hydrogens (primary N) is 1. The molecule has 0 aliphatic rings. The molecular formula is C11H23NO2. The molecule has 0 aromatic carbocycles. The molecule has 0 radical (unpaired) electrons. The molecule has 1 unspecified atom stereocenters. The Hall–Kier alpha value is -0.410. The van der Waals surface area contributed by atoms with Crippen molar-refractivity contribution in [2.24, 2.45) is 5.73 Å². The second-order valence-electron chi connectivity index (χ2n) is 3.69. The highest BCUT2D eigenvalue weighted by Gasteiger charge is 2.11. The van der Waals surface area contributed by atoms with Gasteiger partial charge in [-0.1, -0.05) is 32.6 Å². The zero-order valence-electron chi connectivity index (χ0n) is 9.42. The quantitative estimate of drug-likeness (QED) is 0.580. The summed E-state index contributed by atoms with van der Waals surface area (Å²) >= 11 is 0. The third-order valence-corrected chi connectivity index (χ3v) is 2.29. The van der Waals surface area contributed by atoms with Crippen LogP contribution in [0.5, 0.6) is 0 Å². The van der Waals surface area contributed by atoms with E-state index in [0.29, 0.717) is 13.0 Å². The van der Waals surface area contributed by atoms with Crippen molar-refractivity contribution in [1.29, 1.82) is 0 Å². The Morgan fingerprint density at radius 1 is 1.29 bits per heavy atom. The topological polar surface area (TPSA) is 52.3 Å². The number of hydrogen-bond acceptors (Lipinski definition) is 3. The monoisotopic (exact) mass is 201 g/mol. The summed E-state index contributed by atoms with van der Waals surface area (Å²) in [6, 6.07) is -0.425. The average Bonchev–Trinajstić information content (AvgIpc) is 2.17. The first-order valence-corrected chi connectivity index (χ1v) is 5.49. The number of rotatable bonds is 9. The average molecular weight is 201 g/mol. The molecule has 3 heteroatoms. The van der Waals surface area contributed by atoms with Gasteiger partial charge in [-0.2, -0.15) is 0 Å². The van der Waals surface area contributed by atoms with Crippen LogP contribution in [0.1, 0.15) is 45.4 Å². The minimum Gasteiger partial charge on any atom is -0.383 e. The molecule has 84 valence electrons. The Balaban J connectivity index is 3.34. The van der Waals surface area contributed by atoms with Gasteiger partial charge in [0.05, 0.1) is 12.6 Å². The fraction of sp³-hybridized carbons (Fsp3) is 0.909. The minimum atomic E-state index is -0.425. The molecule has 0 aromatic heterocycles. The number of ether oxygens (including phenoxy) is 1. The van der Waals surface area contributed by atoms with Crippen LogP contribution in [0.15, 0.2) is 0 Å². The molecule has 0 aliphatic heterocycles. The Labute approximate surface area is 87.0 Å². The lowest BCUT2D eigenvalue weighted by Gasteiger charge is -2.08. The number of carbonyl (C=O) groups excluding carboxylic acids is 1. The van der Waals surface area contributed by atoms with E-state index in [9.17, 15) is 4.79 Å². The summed E-state index contributed by atoms with van der Waals surface area (Å²) in [6.07, 6.45) is 6.43. The van der Waals surface area contributed by atoms with E-state index in [1.165, 1.54) is 19.3 Å². The van der Waals surface area contributed by atoms with E-state index >= 15 is 0 Å². The fourth-order valence-corrected chi connectivity index (χ4v) is 1.36. The summed E-state index contributed by atoms with van der Waals surface area (Å²) in [5.74, 6) is 0.128. The zero-order chi connectivity index (χ0) is 10.8. The number of ketones is 1. The van der Waals surface area contributed by atoms with Crippen molar-refractivity contribution in [2.75, 3.05) is 13.7 Å². The molecule has 14 heavy (non-hydrogen) atoms. The molecule has 3 nitrogen and oxygen atoms in total. The molecular weight excluding hydrogens is 178 g/mol. The lowest BCUT2D eigenvalue weighted by molar-refractivity contribution is -0.121. The minimum absolute atomic E-state index is 0.128. The number of methoxy groups -OCH3 is 1. The van der Waals surface area contributed by atoms with Crippen molar-refractivity contribution in [3.05, 3.63) is 0 Å². The van der Waals surface area contributed by atoms with Crippen molar-refractivity contribution < 1.29 is 9.53 Å². The zero-order valence-corrected chi connectivity index (χ0v) is 9.42. The van der Waals surface area contributed by atoms with E-state index in [1.54, 1.807) is 7.11 Å². The van der Waals surface area contributed by atoms with Crippen molar-refractivity contribution in [3.63, 3.8) is 0 Å². The molecule has 0 rings (SSSR count). The van der Waals surface area contributed by atoms with Crippen molar-refractivity contribution in [2.45, 2.75) is 51.5 Å². The van der Waals surface area contributed by atoms with Crippen LogP contribution >= 0.6 is 0 Å². The van der Waals surface area contributed by atoms with Crippen LogP contribution in [-0.2, 0) is 9.53 Å². The fourth-order valence-electron chi connectivity index (χ4n) is 1.36. The second kappa shape index (κ2) is 9.16. The number of Topliss-reactive ketones (excluding diaryl/α,β-unsaturated/α-hetero) is 1. The van der Waals surface area contributed by atoms with Gasteiger partial charge in [-0.25, -0.2) is 0 Å². The number of hydrogen-bond donors (Lipinski definition) is 1. The van der Waals surface area contributed by atoms with E-state index in [1.807, 2.05) is 0 Å². The first kappa shape index (κ1) is 13.6. The van der Waals surface area contributed by atoms with Gasteiger partial charge in [0, 0.05) is 13.5 Å². The third kappa shape index (κ3) is 7.04. The van der Waals surface area contributed by atoms with Crippen LogP contribution in [0.3, 0.4) is 0 Å². The smallest absolute Gasteiger partial charge is 0.151 e. The molecule has 0 fully saturated rings. The van der Waals surface area contributed by atoms with Crippen LogP contribution in [0.2, 0.25) is 0 Å². The van der Waals surface area contributed by atoms with Crippen molar-refractivity contribution in [1.82, 2.24) is 0 Å². The SMILES string of the molecule is CCCCCCCC(=O)C(N)COC. The molecule has 0 saturated heterocycles. The molecule has 1 atom stereocenters. The van der Waals surface area contributed by atoms with Gasteiger partial charge in [0.1, 0.15) is 0 Å². The van der Waals surface area contributed by atoms with Gasteiger partial charge >= 0.3 is 0 Å². The van der Waals surface area contributed by atoms with Crippen molar-refractivity contribution >= 4 is 5.78 Å². The van der Waals surface area contributed by atoms with E-state index in [2.05, 4.69) is 6.92 Å². The summed E-state index contributed by atoms with van der Waals surface area (Å²) in [5.41, 5.74) is 5.59. The summed E-state index contributed by atoms with van der Waals surface area (Å²) in [7, 11) is 1.56. The predicted molar refractivity (Wildman–Crippen MR) is 58.2 cm³/mol. The Bertz CT molecular complexity index is 148. The summed E-state index contributed by atoms with van der Waals surface area (Å²) in [6.45, 7) is 2.52. The highest BCUT2D eigenvalue weighted by molar-refractivity contribution is 5.83. The number of carbonyl (C=O) groups is 1. The Morgan fingerprint density at radius 3 is 2.50 bits per heavy atom. The summed E-state index contributed by atoms with van der Waals surface area (Å²) in [5, 5.41) is 0. The molecule has 0 spiro atoms. The first-order valence-electron chi connectivity index (χ1n) is 5.49. The molecule has 0 amide bonds. The maximum Gasteiger partial charge on any atom is 0.151 e. The van der Waals surface area contributed by atoms with Crippen LogP contribution in [0.25, 0.3) is 0 Å². The molecule has 0 aliphatic carbocycles. The predicted octanol–water partition coefficient (Wildman–Crippen LogP) is 1.89. The van der Waals surface area contributed by atoms with Crippen LogP contribution in [0.4, 0.5) is 0 Å². The molecule has 0 heterocycles. The normalized spacial score (nSPS) is 12.8. The van der Waals surface area contributed by atoms with E-state index in [0.717, 1.165) is 12.8 Å². The third-order valence-electron chi connectivity index (χ3n) is 2.29. The van der Waals surface area contributed by atoms with Gasteiger partial charge in [-0.15, -0.1) is 0 Å². The van der Waals surface area contributed by atoms with Gasteiger partial charge < -0.3 is 10.5 Å². The van der Waals surface area contributed by atoms with Gasteiger partial charge in [-0.3, -0.25) is 4.79 Å². The van der Waals surface area contributed by atoms with E-state index in [-0.39, 0.29) is 5.78 Å². The van der Waals surface area contributed by atoms with E-state index < -0.39 is 6.04 Å². The Morgan fingerprint density at radius 2 is 1.93 bits per heavy atom. The highest BCUT2D eigenvalue weighted by Crippen LogP contribution is 2.06. The lowest BCUT2D eigenvalue weighted by Crippen LogP contribution is -2.34. The Kier molecular flexibility index (Phi) is 8.89. The summed E-state index contributed by atoms with van der Waals surface area (Å²) < 4.78 is 4.82. The van der Waals surface area contributed by atoms with Crippen LogP contribution in [-0.4, -0.2) is 25.5 Å². The molecule has 0 aromatic rings. The maximum absolute atomic E-state index is 11.4. The van der Waals surface area contributed by atoms with Gasteiger partial charge in [0.2, 0.25) is 0 Å². The van der Waals surface area contributed by atoms with Gasteiger partial charge in [0.15, 0.2) is 5.78 Å². The molecule has 2 N–H and O–H groups in total. The first-order chi connectivity index (χ1) is 6.72. The molecule has 0 bridgehead atoms. The highest BCUT2D eigenvalue weighted by atomic mass is 16.5. The van der Waals surface area contributed by atoms with E-state index in [4.69, 9.17) is 10.5 Å². The number of unbranched alkanes of at least 4 members (excludes halogenated alkanes) is 4. The summed E-state index contributed by atoms with van der Waals surface area (Å²) in [4.78, 5) is 11.4. The maximum atomic E-state index is 11.4. The van der Waals surface area contributed by atoms with Gasteiger partial charge in [0.25, 0.3) is 0 Å². The van der Waals surface area contributed by atoms with Gasteiger partial charge in [-0.05, 0) is 6.42 Å². The lowest BCUT2D eigenvalue weighted by atomic mass is 10.1. The largest absolute Gasteiger partial charge is 0.383 e. The van der Waals surface area contributed by atoms with Crippen molar-refractivity contribution in [3.8, 4) is 0 Å². The standard InChI is InChI=1S/C11H23NO2/c1-3-4-5-6-7-8-11(13)10(12)9-14-2/h10H,3-9,12H2,1-2H3. The second-order valence-corrected chi connectivity index (χ2v) is 3.69. The van der Waals surface area contributed by atoms with Crippen LogP contribution in [0, 0.1) is 0 Å². The molecule has 0 saturated carbocycles. The van der Waals surface area contributed by atoms with Crippen LogP contribution < -0.4 is 5.73 Å².